The zero-order valence-corrected chi connectivity index (χ0v) is 28.4. The fraction of sp³-hybridized carbons (Fsp3) is 0.706. The van der Waals surface area contributed by atoms with Gasteiger partial charge in [0.05, 0.1) is 4.90 Å². The molecular weight excluding hydrogens is 511 g/mol. The number of fused-ring (bicyclic) bond motifs is 1. The molecule has 0 heterocycles. The van der Waals surface area contributed by atoms with E-state index in [2.05, 4.69) is 19.9 Å². The maximum atomic E-state index is 12.1. The molecule has 0 atom stereocenters. The Morgan fingerprint density at radius 3 is 1.41 bits per heavy atom. The number of hydrogen-bond donors (Lipinski definition) is 0. The summed E-state index contributed by atoms with van der Waals surface area (Å²) in [4.78, 5) is -0.0167. The Kier molecular flexibility index (Phi) is 20.9. The number of hydrogen-bond acceptors (Lipinski definition) is 3. The minimum Gasteiger partial charge on any atom is -0.744 e. The molecule has 0 fully saturated rings. The Labute approximate surface area is 263 Å². The predicted octanol–water partition coefficient (Wildman–Crippen LogP) is 7.67. The van der Waals surface area contributed by atoms with Gasteiger partial charge in [0.25, 0.3) is 0 Å². The normalized spacial score (nSPS) is 11.7. The van der Waals surface area contributed by atoms with E-state index in [4.69, 9.17) is 0 Å². The molecule has 0 radical (unpaired) electrons. The van der Waals surface area contributed by atoms with Crippen LogP contribution in [-0.2, 0) is 23.0 Å². The number of benzene rings is 2. The molecule has 0 bridgehead atoms. The molecule has 0 aliphatic heterocycles. The van der Waals surface area contributed by atoms with E-state index in [0.717, 1.165) is 36.5 Å². The first-order valence-corrected chi connectivity index (χ1v) is 17.4. The maximum absolute atomic E-state index is 12.1. The molecule has 0 amide bonds. The van der Waals surface area contributed by atoms with Crippen LogP contribution in [0.4, 0.5) is 0 Å². The second kappa shape index (κ2) is 22.2. The molecule has 0 saturated heterocycles. The summed E-state index contributed by atoms with van der Waals surface area (Å²) in [7, 11) is -4.49. The third-order valence-corrected chi connectivity index (χ3v) is 8.94. The summed E-state index contributed by atoms with van der Waals surface area (Å²) in [5.74, 6) is 0. The molecule has 0 aliphatic carbocycles. The molecule has 0 spiro atoms. The SMILES string of the molecule is CCCCCCCCCCCCc1cc2c(CCCCCCCCCCCC)cccc2cc1S(=O)(=O)[O-].[Na+]. The number of unbranched alkanes of at least 4 members (excludes halogenated alkanes) is 18. The first-order valence-electron chi connectivity index (χ1n) is 16.0. The van der Waals surface area contributed by atoms with E-state index in [1.165, 1.54) is 115 Å². The summed E-state index contributed by atoms with van der Waals surface area (Å²) in [5, 5.41) is 1.99. The van der Waals surface area contributed by atoms with Gasteiger partial charge in [0.15, 0.2) is 0 Å². The molecule has 39 heavy (non-hydrogen) atoms. The summed E-state index contributed by atoms with van der Waals surface area (Å²) in [5.41, 5.74) is 1.99. The smallest absolute Gasteiger partial charge is 0.744 e. The molecule has 0 aromatic heterocycles. The average molecular weight is 567 g/mol. The Hall–Kier alpha value is -0.390. The fourth-order valence-electron chi connectivity index (χ4n) is 5.67. The average Bonchev–Trinajstić information content (AvgIpc) is 2.90. The van der Waals surface area contributed by atoms with Crippen LogP contribution in [0.15, 0.2) is 35.2 Å². The van der Waals surface area contributed by atoms with Crippen molar-refractivity contribution in [2.24, 2.45) is 0 Å². The molecule has 2 rings (SSSR count). The summed E-state index contributed by atoms with van der Waals surface area (Å²) in [6, 6.07) is 9.75. The second-order valence-electron chi connectivity index (χ2n) is 11.4. The minimum absolute atomic E-state index is 0. The number of rotatable bonds is 23. The standard InChI is InChI=1S/C34H56O3S.Na/c1-3-5-7-9-11-13-15-17-19-21-24-30-26-23-27-31-29-34(38(35,36)37)32(28-33(30)31)25-22-20-18-16-14-12-10-8-6-4-2;/h23,26-29H,3-22,24-25H2,1-2H3,(H,35,36,37);/q;+1/p-1. The Balaban J connectivity index is 0.00000760. The van der Waals surface area contributed by atoms with Gasteiger partial charge in [-0.05, 0) is 59.7 Å². The fourth-order valence-corrected chi connectivity index (χ4v) is 6.42. The minimum atomic E-state index is -4.49. The number of aryl methyl sites for hydroxylation is 2. The van der Waals surface area contributed by atoms with E-state index in [1.54, 1.807) is 6.07 Å². The van der Waals surface area contributed by atoms with E-state index in [0.29, 0.717) is 12.0 Å². The monoisotopic (exact) mass is 566 g/mol. The molecule has 3 nitrogen and oxygen atoms in total. The Bertz CT molecular complexity index is 1000. The van der Waals surface area contributed by atoms with Crippen molar-refractivity contribution in [3.8, 4) is 0 Å². The molecule has 0 saturated carbocycles. The van der Waals surface area contributed by atoms with Gasteiger partial charge in [-0.2, -0.15) is 0 Å². The second-order valence-corrected chi connectivity index (χ2v) is 12.8. The molecule has 0 unspecified atom stereocenters. The van der Waals surface area contributed by atoms with E-state index in [1.807, 2.05) is 18.2 Å². The molecule has 2 aromatic carbocycles. The van der Waals surface area contributed by atoms with Gasteiger partial charge in [-0.3, -0.25) is 0 Å². The van der Waals surface area contributed by atoms with E-state index in [-0.39, 0.29) is 34.5 Å². The van der Waals surface area contributed by atoms with Gasteiger partial charge in [0, 0.05) is 0 Å². The van der Waals surface area contributed by atoms with Crippen molar-refractivity contribution >= 4 is 20.9 Å². The van der Waals surface area contributed by atoms with Gasteiger partial charge in [-0.1, -0.05) is 148 Å². The van der Waals surface area contributed by atoms with E-state index < -0.39 is 10.1 Å². The van der Waals surface area contributed by atoms with Crippen molar-refractivity contribution in [3.63, 3.8) is 0 Å². The Morgan fingerprint density at radius 2 is 0.974 bits per heavy atom. The van der Waals surface area contributed by atoms with Gasteiger partial charge >= 0.3 is 29.6 Å². The largest absolute Gasteiger partial charge is 1.00 e. The van der Waals surface area contributed by atoms with Crippen LogP contribution in [0.2, 0.25) is 0 Å². The van der Waals surface area contributed by atoms with Crippen molar-refractivity contribution in [2.45, 2.75) is 160 Å². The van der Waals surface area contributed by atoms with Gasteiger partial charge in [-0.15, -0.1) is 0 Å². The van der Waals surface area contributed by atoms with Crippen LogP contribution in [-0.4, -0.2) is 13.0 Å². The third kappa shape index (κ3) is 15.4. The van der Waals surface area contributed by atoms with Crippen LogP contribution in [0.5, 0.6) is 0 Å². The van der Waals surface area contributed by atoms with Crippen LogP contribution < -0.4 is 29.6 Å². The van der Waals surface area contributed by atoms with E-state index in [9.17, 15) is 13.0 Å². The van der Waals surface area contributed by atoms with Crippen molar-refractivity contribution in [3.05, 3.63) is 41.5 Å². The topological polar surface area (TPSA) is 57.2 Å². The molecule has 0 aliphatic rings. The van der Waals surface area contributed by atoms with Crippen LogP contribution in [0.1, 0.15) is 153 Å². The predicted molar refractivity (Wildman–Crippen MR) is 163 cm³/mol. The van der Waals surface area contributed by atoms with Gasteiger partial charge < -0.3 is 4.55 Å². The first kappa shape index (κ1) is 36.6. The molecule has 2 aromatic rings. The van der Waals surface area contributed by atoms with Crippen LogP contribution in [0.25, 0.3) is 10.8 Å². The molecule has 0 N–H and O–H groups in total. The van der Waals surface area contributed by atoms with Crippen LogP contribution in [0, 0.1) is 0 Å². The third-order valence-electron chi connectivity index (χ3n) is 8.02. The van der Waals surface area contributed by atoms with Crippen LogP contribution >= 0.6 is 0 Å². The van der Waals surface area contributed by atoms with Gasteiger partial charge in [-0.25, -0.2) is 8.42 Å². The Morgan fingerprint density at radius 1 is 0.564 bits per heavy atom. The van der Waals surface area contributed by atoms with Crippen molar-refractivity contribution in [1.29, 1.82) is 0 Å². The summed E-state index contributed by atoms with van der Waals surface area (Å²) >= 11 is 0. The van der Waals surface area contributed by atoms with Gasteiger partial charge in [0.1, 0.15) is 10.1 Å². The first-order chi connectivity index (χ1) is 18.5. The van der Waals surface area contributed by atoms with Crippen molar-refractivity contribution < 1.29 is 42.5 Å². The summed E-state index contributed by atoms with van der Waals surface area (Å²) in [6.07, 6.45) is 27.3. The molecule has 5 heteroatoms. The quantitative estimate of drug-likeness (QED) is 0.0788. The molecule has 216 valence electrons. The summed E-state index contributed by atoms with van der Waals surface area (Å²) in [6.45, 7) is 4.51. The molecular formula is C34H55NaO3S. The summed E-state index contributed by atoms with van der Waals surface area (Å²) < 4.78 is 36.2. The van der Waals surface area contributed by atoms with Crippen molar-refractivity contribution in [2.75, 3.05) is 0 Å². The van der Waals surface area contributed by atoms with Crippen LogP contribution in [0.3, 0.4) is 0 Å². The van der Waals surface area contributed by atoms with Crippen molar-refractivity contribution in [1.82, 2.24) is 0 Å². The maximum Gasteiger partial charge on any atom is 1.00 e. The van der Waals surface area contributed by atoms with E-state index >= 15 is 0 Å². The van der Waals surface area contributed by atoms with Gasteiger partial charge in [0.2, 0.25) is 0 Å². The zero-order chi connectivity index (χ0) is 27.5. The zero-order valence-electron chi connectivity index (χ0n) is 25.6.